The summed E-state index contributed by atoms with van der Waals surface area (Å²) in [5.74, 6) is 1.97. The van der Waals surface area contributed by atoms with Gasteiger partial charge >= 0.3 is 0 Å². The minimum atomic E-state index is 0.986. The highest BCUT2D eigenvalue weighted by atomic mass is 14.0. The second-order valence-corrected chi connectivity index (χ2v) is 4.89. The standard InChI is InChI=1S/2C7H16.C3H8.C2H6/c2*1-4-7(5-2)6-3;1-3-2;1-2/h2*7H,4-6H2,1-3H3;3H2,1-2H3;1-2H3. The zero-order valence-corrected chi connectivity index (χ0v) is 16.1. The van der Waals surface area contributed by atoms with Crippen LogP contribution in [0.5, 0.6) is 0 Å². The fourth-order valence-corrected chi connectivity index (χ4v) is 1.73. The van der Waals surface area contributed by atoms with Crippen LogP contribution < -0.4 is 0 Å². The molecule has 0 radical (unpaired) electrons. The summed E-state index contributed by atoms with van der Waals surface area (Å²) in [6, 6.07) is 0. The molecule has 0 saturated carbocycles. The molecule has 19 heavy (non-hydrogen) atoms. The van der Waals surface area contributed by atoms with Crippen LogP contribution in [0.3, 0.4) is 0 Å². The van der Waals surface area contributed by atoms with E-state index >= 15 is 0 Å². The van der Waals surface area contributed by atoms with Gasteiger partial charge in [-0.25, -0.2) is 0 Å². The van der Waals surface area contributed by atoms with Crippen LogP contribution in [-0.2, 0) is 0 Å². The third-order valence-electron chi connectivity index (χ3n) is 3.46. The molecule has 0 aromatic carbocycles. The Balaban J connectivity index is -0.0000000888. The first-order chi connectivity index (χ1) is 9.11. The summed E-state index contributed by atoms with van der Waals surface area (Å²) >= 11 is 0. The average molecular weight is 275 g/mol. The molecule has 0 spiro atoms. The van der Waals surface area contributed by atoms with Crippen LogP contribution in [-0.4, -0.2) is 0 Å². The second kappa shape index (κ2) is 30.8. The molecule has 0 unspecified atom stereocenters. The molecular formula is C19H46. The fourth-order valence-electron chi connectivity index (χ4n) is 1.73. The van der Waals surface area contributed by atoms with Gasteiger partial charge in [-0.3, -0.25) is 0 Å². The van der Waals surface area contributed by atoms with E-state index < -0.39 is 0 Å². The molecular weight excluding hydrogens is 228 g/mol. The molecule has 122 valence electrons. The Morgan fingerprint density at radius 3 is 0.526 bits per heavy atom. The third kappa shape index (κ3) is 32.0. The zero-order valence-electron chi connectivity index (χ0n) is 16.1. The summed E-state index contributed by atoms with van der Waals surface area (Å²) in [6.45, 7) is 21.8. The zero-order chi connectivity index (χ0) is 16.1. The molecule has 0 rings (SSSR count). The van der Waals surface area contributed by atoms with Crippen molar-refractivity contribution in [1.82, 2.24) is 0 Å². The van der Waals surface area contributed by atoms with E-state index in [0.717, 1.165) is 11.8 Å². The van der Waals surface area contributed by atoms with Crippen molar-refractivity contribution in [1.29, 1.82) is 0 Å². The first-order valence-electron chi connectivity index (χ1n) is 9.11. The maximum absolute atomic E-state index is 2.26. The van der Waals surface area contributed by atoms with Crippen molar-refractivity contribution in [2.75, 3.05) is 0 Å². The third-order valence-corrected chi connectivity index (χ3v) is 3.46. The molecule has 0 saturated heterocycles. The van der Waals surface area contributed by atoms with Crippen LogP contribution in [0.2, 0.25) is 0 Å². The van der Waals surface area contributed by atoms with Crippen molar-refractivity contribution in [3.63, 3.8) is 0 Å². The molecule has 0 fully saturated rings. The van der Waals surface area contributed by atoms with Gasteiger partial charge in [0.15, 0.2) is 0 Å². The summed E-state index contributed by atoms with van der Waals surface area (Å²) in [5.41, 5.74) is 0. The number of hydrogen-bond acceptors (Lipinski definition) is 0. The van der Waals surface area contributed by atoms with Gasteiger partial charge in [-0.1, -0.05) is 114 Å². The van der Waals surface area contributed by atoms with Gasteiger partial charge in [-0.2, -0.15) is 0 Å². The summed E-state index contributed by atoms with van der Waals surface area (Å²) in [4.78, 5) is 0. The summed E-state index contributed by atoms with van der Waals surface area (Å²) < 4.78 is 0. The van der Waals surface area contributed by atoms with Gasteiger partial charge in [0.1, 0.15) is 0 Å². The second-order valence-electron chi connectivity index (χ2n) is 4.89. The lowest BCUT2D eigenvalue weighted by molar-refractivity contribution is 0.477. The highest BCUT2D eigenvalue weighted by molar-refractivity contribution is 4.49. The molecule has 0 heteroatoms. The summed E-state index contributed by atoms with van der Waals surface area (Å²) in [5, 5.41) is 0. The number of hydrogen-bond donors (Lipinski definition) is 0. The normalized spacial score (nSPS) is 8.84. The molecule has 0 aliphatic rings. The van der Waals surface area contributed by atoms with Gasteiger partial charge in [-0.05, 0) is 11.8 Å². The minimum Gasteiger partial charge on any atom is -0.0683 e. The van der Waals surface area contributed by atoms with Crippen LogP contribution in [0.25, 0.3) is 0 Å². The molecule has 0 aromatic rings. The van der Waals surface area contributed by atoms with E-state index in [2.05, 4.69) is 55.4 Å². The van der Waals surface area contributed by atoms with Crippen molar-refractivity contribution in [2.24, 2.45) is 11.8 Å². The number of rotatable bonds is 6. The highest BCUT2D eigenvalue weighted by Crippen LogP contribution is 2.10. The lowest BCUT2D eigenvalue weighted by atomic mass is 10.0. The Morgan fingerprint density at radius 2 is 0.526 bits per heavy atom. The van der Waals surface area contributed by atoms with Gasteiger partial charge in [0.05, 0.1) is 0 Å². The Morgan fingerprint density at radius 1 is 0.421 bits per heavy atom. The first kappa shape index (κ1) is 27.4. The average Bonchev–Trinajstić information content (AvgIpc) is 2.46. The smallest absolute Gasteiger partial charge is 0.0422 e. The molecule has 0 aromatic heterocycles. The van der Waals surface area contributed by atoms with Crippen LogP contribution >= 0.6 is 0 Å². The van der Waals surface area contributed by atoms with Gasteiger partial charge in [0.25, 0.3) is 0 Å². The van der Waals surface area contributed by atoms with Crippen molar-refractivity contribution >= 4 is 0 Å². The first-order valence-corrected chi connectivity index (χ1v) is 9.11. The highest BCUT2D eigenvalue weighted by Gasteiger charge is 1.96. The summed E-state index contributed by atoms with van der Waals surface area (Å²) in [7, 11) is 0. The van der Waals surface area contributed by atoms with Gasteiger partial charge in [0, 0.05) is 0 Å². The van der Waals surface area contributed by atoms with E-state index in [4.69, 9.17) is 0 Å². The molecule has 0 amide bonds. The van der Waals surface area contributed by atoms with E-state index in [1.807, 2.05) is 13.8 Å². The van der Waals surface area contributed by atoms with E-state index in [-0.39, 0.29) is 0 Å². The van der Waals surface area contributed by atoms with E-state index in [1.54, 1.807) is 0 Å². The largest absolute Gasteiger partial charge is 0.0683 e. The van der Waals surface area contributed by atoms with Crippen LogP contribution in [0, 0.1) is 11.8 Å². The Bertz CT molecular complexity index is 65.2. The predicted octanol–water partition coefficient (Wildman–Crippen LogP) is 8.11. The molecule has 0 aliphatic heterocycles. The maximum atomic E-state index is 2.26. The summed E-state index contributed by atoms with van der Waals surface area (Å²) in [6.07, 6.45) is 9.38. The predicted molar refractivity (Wildman–Crippen MR) is 96.0 cm³/mol. The van der Waals surface area contributed by atoms with Crippen LogP contribution in [0.1, 0.15) is 114 Å². The Labute approximate surface area is 126 Å². The molecule has 0 bridgehead atoms. The molecule has 0 heterocycles. The van der Waals surface area contributed by atoms with Crippen molar-refractivity contribution in [3.8, 4) is 0 Å². The lowest BCUT2D eigenvalue weighted by Crippen LogP contribution is -1.91. The Kier molecular flexibility index (Phi) is 44.3. The Hall–Kier alpha value is 0. The van der Waals surface area contributed by atoms with Crippen molar-refractivity contribution in [3.05, 3.63) is 0 Å². The van der Waals surface area contributed by atoms with Gasteiger partial charge in [-0.15, -0.1) is 0 Å². The van der Waals surface area contributed by atoms with E-state index in [0.29, 0.717) is 0 Å². The minimum absolute atomic E-state index is 0.986. The van der Waals surface area contributed by atoms with Crippen LogP contribution in [0.4, 0.5) is 0 Å². The van der Waals surface area contributed by atoms with Crippen molar-refractivity contribution < 1.29 is 0 Å². The van der Waals surface area contributed by atoms with Gasteiger partial charge < -0.3 is 0 Å². The molecule has 0 atom stereocenters. The van der Waals surface area contributed by atoms with E-state index in [1.165, 1.54) is 44.9 Å². The van der Waals surface area contributed by atoms with Gasteiger partial charge in [0.2, 0.25) is 0 Å². The SMILES string of the molecule is CC.CCC.CCC(CC)CC.CCC(CC)CC. The van der Waals surface area contributed by atoms with E-state index in [9.17, 15) is 0 Å². The quantitative estimate of drug-likeness (QED) is 0.459. The molecule has 0 aliphatic carbocycles. The lowest BCUT2D eigenvalue weighted by Gasteiger charge is -2.05. The van der Waals surface area contributed by atoms with Crippen LogP contribution in [0.15, 0.2) is 0 Å². The molecule has 0 N–H and O–H groups in total. The monoisotopic (exact) mass is 274 g/mol. The fraction of sp³-hybridized carbons (Fsp3) is 1.00. The van der Waals surface area contributed by atoms with Crippen molar-refractivity contribution in [2.45, 2.75) is 114 Å². The maximum Gasteiger partial charge on any atom is -0.0422 e. The topological polar surface area (TPSA) is 0 Å². The molecule has 0 nitrogen and oxygen atoms in total.